The molecule has 0 aromatic carbocycles. The van der Waals surface area contributed by atoms with E-state index in [4.69, 9.17) is 30.6 Å². The van der Waals surface area contributed by atoms with Crippen LogP contribution >= 0.6 is 0 Å². The van der Waals surface area contributed by atoms with Crippen LogP contribution in [0, 0.1) is 11.8 Å². The summed E-state index contributed by atoms with van der Waals surface area (Å²) in [7, 11) is 0. The van der Waals surface area contributed by atoms with Crippen molar-refractivity contribution >= 4 is 11.9 Å². The quantitative estimate of drug-likeness (QED) is 0.259. The third-order valence-electron chi connectivity index (χ3n) is 3.51. The van der Waals surface area contributed by atoms with Crippen molar-refractivity contribution in [3.05, 3.63) is 24.3 Å². The monoisotopic (exact) mass is 383 g/mol. The first-order chi connectivity index (χ1) is 12.7. The number of rotatable bonds is 5. The lowest BCUT2D eigenvalue weighted by atomic mass is 10.0. The number of aliphatic carboxylic acids is 2. The number of hydrogen-bond donors (Lipinski definition) is 7. The SMILES string of the molecule is C(#C[C@H]1CCCN1)c1cncnc1.O=C(O)[C@@H](O)[C@H](O)[C@H](O)[C@@H](O)C(=O)O. The van der Waals surface area contributed by atoms with Crippen molar-refractivity contribution in [2.75, 3.05) is 6.54 Å². The zero-order valence-electron chi connectivity index (χ0n) is 14.1. The first-order valence-corrected chi connectivity index (χ1v) is 7.91. The Morgan fingerprint density at radius 1 is 1.04 bits per heavy atom. The largest absolute Gasteiger partial charge is 0.479 e. The highest BCUT2D eigenvalue weighted by molar-refractivity contribution is 5.75. The molecule has 0 bridgehead atoms. The van der Waals surface area contributed by atoms with E-state index < -0.39 is 36.4 Å². The minimum atomic E-state index is -2.36. The maximum atomic E-state index is 10.1. The van der Waals surface area contributed by atoms with Gasteiger partial charge in [0.05, 0.1) is 11.6 Å². The van der Waals surface area contributed by atoms with Gasteiger partial charge < -0.3 is 36.0 Å². The van der Waals surface area contributed by atoms with Gasteiger partial charge >= 0.3 is 11.9 Å². The molecule has 11 nitrogen and oxygen atoms in total. The molecule has 27 heavy (non-hydrogen) atoms. The third-order valence-corrected chi connectivity index (χ3v) is 3.51. The van der Waals surface area contributed by atoms with E-state index in [9.17, 15) is 9.59 Å². The summed E-state index contributed by atoms with van der Waals surface area (Å²) in [4.78, 5) is 28.0. The second kappa shape index (κ2) is 11.2. The highest BCUT2D eigenvalue weighted by Crippen LogP contribution is 2.05. The molecule has 0 unspecified atom stereocenters. The number of aliphatic hydroxyl groups excluding tert-OH is 4. The van der Waals surface area contributed by atoms with Crippen LogP contribution in [0.25, 0.3) is 0 Å². The Balaban J connectivity index is 0.000000270. The van der Waals surface area contributed by atoms with E-state index in [1.165, 1.54) is 12.7 Å². The molecule has 148 valence electrons. The molecule has 5 atom stereocenters. The summed E-state index contributed by atoms with van der Waals surface area (Å²) in [5.74, 6) is 2.53. The molecule has 2 rings (SSSR count). The number of nitrogens with zero attached hydrogens (tertiary/aromatic N) is 2. The Labute approximate surface area is 154 Å². The predicted molar refractivity (Wildman–Crippen MR) is 89.2 cm³/mol. The second-order valence-corrected chi connectivity index (χ2v) is 5.59. The van der Waals surface area contributed by atoms with Crippen molar-refractivity contribution < 1.29 is 40.2 Å². The molecule has 7 N–H and O–H groups in total. The van der Waals surface area contributed by atoms with Crippen LogP contribution in [0.2, 0.25) is 0 Å². The van der Waals surface area contributed by atoms with Gasteiger partial charge in [-0.3, -0.25) is 0 Å². The Kier molecular flexibility index (Phi) is 9.27. The summed E-state index contributed by atoms with van der Waals surface area (Å²) in [6.07, 6.45) is -1.93. The fourth-order valence-corrected chi connectivity index (χ4v) is 2.01. The van der Waals surface area contributed by atoms with E-state index in [1.54, 1.807) is 12.4 Å². The van der Waals surface area contributed by atoms with Crippen LogP contribution in [0.15, 0.2) is 18.7 Å². The van der Waals surface area contributed by atoms with E-state index in [0.29, 0.717) is 6.04 Å². The van der Waals surface area contributed by atoms with Crippen molar-refractivity contribution in [2.45, 2.75) is 43.3 Å². The Hall–Kier alpha value is -2.62. The van der Waals surface area contributed by atoms with E-state index in [0.717, 1.165) is 18.5 Å². The smallest absolute Gasteiger partial charge is 0.335 e. The maximum absolute atomic E-state index is 10.1. The number of nitrogens with one attached hydrogen (secondary N) is 1. The fourth-order valence-electron chi connectivity index (χ4n) is 2.01. The molecular weight excluding hydrogens is 362 g/mol. The van der Waals surface area contributed by atoms with Gasteiger partial charge in [0.1, 0.15) is 18.5 Å². The summed E-state index contributed by atoms with van der Waals surface area (Å²) in [5.41, 5.74) is 0.885. The molecule has 1 saturated heterocycles. The maximum Gasteiger partial charge on any atom is 0.335 e. The zero-order valence-corrected chi connectivity index (χ0v) is 14.1. The van der Waals surface area contributed by atoms with Gasteiger partial charge in [0.15, 0.2) is 12.2 Å². The average Bonchev–Trinajstić information content (AvgIpc) is 3.18. The van der Waals surface area contributed by atoms with E-state index in [2.05, 4.69) is 27.1 Å². The fraction of sp³-hybridized carbons (Fsp3) is 0.500. The van der Waals surface area contributed by atoms with Crippen LogP contribution < -0.4 is 5.32 Å². The number of aliphatic hydroxyl groups is 4. The standard InChI is InChI=1S/C10H11N3.C6H10O8/c1-2-10(13-5-1)4-3-9-6-11-8-12-7-9;7-1(3(9)5(11)12)2(8)4(10)6(13)14/h6-8,10,13H,1-2,5H2;1-4,7-10H,(H,11,12)(H,13,14)/t10-;1-,2+,3+,4-/m1./s1. The molecule has 0 spiro atoms. The van der Waals surface area contributed by atoms with Gasteiger partial charge in [0, 0.05) is 12.4 Å². The first-order valence-electron chi connectivity index (χ1n) is 7.91. The van der Waals surface area contributed by atoms with E-state index in [1.807, 2.05) is 0 Å². The lowest BCUT2D eigenvalue weighted by Crippen LogP contribution is -2.49. The van der Waals surface area contributed by atoms with Crippen LogP contribution in [0.3, 0.4) is 0 Å². The topological polar surface area (TPSA) is 193 Å². The van der Waals surface area contributed by atoms with Crippen LogP contribution in [0.1, 0.15) is 18.4 Å². The zero-order chi connectivity index (χ0) is 20.4. The second-order valence-electron chi connectivity index (χ2n) is 5.59. The Morgan fingerprint density at radius 3 is 1.96 bits per heavy atom. The molecule has 11 heteroatoms. The van der Waals surface area contributed by atoms with Crippen LogP contribution in [-0.2, 0) is 9.59 Å². The molecule has 2 heterocycles. The first kappa shape index (κ1) is 22.4. The van der Waals surface area contributed by atoms with Crippen molar-refractivity contribution in [1.29, 1.82) is 0 Å². The highest BCUT2D eigenvalue weighted by Gasteiger charge is 2.37. The third kappa shape index (κ3) is 7.65. The Bertz CT molecular complexity index is 645. The van der Waals surface area contributed by atoms with Gasteiger partial charge in [-0.25, -0.2) is 19.6 Å². The van der Waals surface area contributed by atoms with Gasteiger partial charge in [-0.1, -0.05) is 11.8 Å². The number of hydrogen-bond acceptors (Lipinski definition) is 9. The molecule has 0 amide bonds. The summed E-state index contributed by atoms with van der Waals surface area (Å²) in [5, 5.41) is 54.8. The summed E-state index contributed by atoms with van der Waals surface area (Å²) in [6, 6.07) is 0.361. The van der Waals surface area contributed by atoms with Crippen molar-refractivity contribution in [3.63, 3.8) is 0 Å². The van der Waals surface area contributed by atoms with Crippen molar-refractivity contribution in [2.24, 2.45) is 0 Å². The van der Waals surface area contributed by atoms with Crippen LogP contribution in [0.4, 0.5) is 0 Å². The molecular formula is C16H21N3O8. The van der Waals surface area contributed by atoms with Gasteiger partial charge in [-0.05, 0) is 19.4 Å². The molecule has 0 radical (unpaired) electrons. The lowest BCUT2D eigenvalue weighted by molar-refractivity contribution is -0.172. The normalized spacial score (nSPS) is 20.1. The lowest BCUT2D eigenvalue weighted by Gasteiger charge is -2.21. The summed E-state index contributed by atoms with van der Waals surface area (Å²) >= 11 is 0. The molecule has 1 fully saturated rings. The van der Waals surface area contributed by atoms with E-state index in [-0.39, 0.29) is 0 Å². The van der Waals surface area contributed by atoms with Crippen molar-refractivity contribution in [1.82, 2.24) is 15.3 Å². The number of aromatic nitrogens is 2. The highest BCUT2D eigenvalue weighted by atomic mass is 16.4. The van der Waals surface area contributed by atoms with Crippen molar-refractivity contribution in [3.8, 4) is 11.8 Å². The number of carboxylic acids is 2. The molecule has 1 aliphatic heterocycles. The molecule has 1 aromatic rings. The Morgan fingerprint density at radius 2 is 1.56 bits per heavy atom. The predicted octanol–water partition coefficient (Wildman–Crippen LogP) is -2.82. The minimum absolute atomic E-state index is 0.361. The van der Waals surface area contributed by atoms with E-state index >= 15 is 0 Å². The minimum Gasteiger partial charge on any atom is -0.479 e. The van der Waals surface area contributed by atoms with Gasteiger partial charge in [-0.2, -0.15) is 0 Å². The molecule has 0 aliphatic carbocycles. The van der Waals surface area contributed by atoms with Crippen LogP contribution in [0.5, 0.6) is 0 Å². The molecule has 1 aromatic heterocycles. The van der Waals surface area contributed by atoms with Crippen LogP contribution in [-0.4, -0.2) is 89.5 Å². The van der Waals surface area contributed by atoms with Gasteiger partial charge in [0.25, 0.3) is 0 Å². The average molecular weight is 383 g/mol. The number of carboxylic acid groups (broad SMARTS) is 2. The molecule has 0 saturated carbocycles. The van der Waals surface area contributed by atoms with Gasteiger partial charge in [0.2, 0.25) is 0 Å². The summed E-state index contributed by atoms with van der Waals surface area (Å²) < 4.78 is 0. The number of carbonyl (C=O) groups is 2. The van der Waals surface area contributed by atoms with Gasteiger partial charge in [-0.15, -0.1) is 0 Å². The molecule has 1 aliphatic rings. The summed E-state index contributed by atoms with van der Waals surface area (Å²) in [6.45, 7) is 1.09.